The van der Waals surface area contributed by atoms with E-state index in [1.54, 1.807) is 6.92 Å². The molecule has 0 radical (unpaired) electrons. The van der Waals surface area contributed by atoms with Crippen LogP contribution in [-0.4, -0.2) is 11.2 Å². The number of allylic oxidation sites excluding steroid dienone is 2. The van der Waals surface area contributed by atoms with Gasteiger partial charge in [0.1, 0.15) is 0 Å². The van der Waals surface area contributed by atoms with Crippen molar-refractivity contribution < 1.29 is 5.11 Å². The molecule has 0 fully saturated rings. The van der Waals surface area contributed by atoms with Gasteiger partial charge >= 0.3 is 0 Å². The molecular weight excluding hydrogens is 208 g/mol. The third-order valence-electron chi connectivity index (χ3n) is 1.59. The van der Waals surface area contributed by atoms with E-state index in [4.69, 9.17) is 5.11 Å². The number of hydrogen-bond acceptors (Lipinski definition) is 1. The first-order valence-electron chi connectivity index (χ1n) is 7.21. The summed E-state index contributed by atoms with van der Waals surface area (Å²) in [5.41, 5.74) is 1.43. The van der Waals surface area contributed by atoms with E-state index in [0.717, 1.165) is 12.3 Å². The van der Waals surface area contributed by atoms with Crippen LogP contribution in [0.25, 0.3) is 0 Å². The molecule has 0 aliphatic heterocycles. The van der Waals surface area contributed by atoms with Gasteiger partial charge in [0.2, 0.25) is 0 Å². The Bertz CT molecular complexity index is 119. The zero-order valence-corrected chi connectivity index (χ0v) is 14.1. The van der Waals surface area contributed by atoms with Crippen LogP contribution in [0.2, 0.25) is 0 Å². The first-order chi connectivity index (χ1) is 7.90. The first-order valence-corrected chi connectivity index (χ1v) is 7.21. The molecule has 0 heterocycles. The fourth-order valence-corrected chi connectivity index (χ4v) is 0.471. The zero-order valence-electron chi connectivity index (χ0n) is 14.1. The van der Waals surface area contributed by atoms with Crippen molar-refractivity contribution in [1.29, 1.82) is 0 Å². The smallest absolute Gasteiger partial charge is 0.0509 e. The molecule has 1 nitrogen and oxygen atoms in total. The second-order valence-electron chi connectivity index (χ2n) is 4.17. The molecule has 17 heavy (non-hydrogen) atoms. The fraction of sp³-hybridized carbons (Fsp3) is 0.875. The quantitative estimate of drug-likeness (QED) is 0.621. The lowest BCUT2D eigenvalue weighted by Crippen LogP contribution is -1.93. The molecule has 0 aromatic heterocycles. The van der Waals surface area contributed by atoms with E-state index >= 15 is 0 Å². The van der Waals surface area contributed by atoms with Crippen LogP contribution in [0.3, 0.4) is 0 Å². The highest BCUT2D eigenvalue weighted by atomic mass is 16.3. The lowest BCUT2D eigenvalue weighted by Gasteiger charge is -1.96. The summed E-state index contributed by atoms with van der Waals surface area (Å²) < 4.78 is 0. The van der Waals surface area contributed by atoms with Crippen LogP contribution in [0.4, 0.5) is 0 Å². The SMILES string of the molecule is CC.CC.CC(C)=CCC(C)C.CCC(C)O. The molecule has 0 bridgehead atoms. The van der Waals surface area contributed by atoms with Crippen LogP contribution in [0.15, 0.2) is 11.6 Å². The van der Waals surface area contributed by atoms with Gasteiger partial charge in [-0.3, -0.25) is 0 Å². The van der Waals surface area contributed by atoms with Gasteiger partial charge in [0.25, 0.3) is 0 Å². The van der Waals surface area contributed by atoms with Gasteiger partial charge in [-0.05, 0) is 39.5 Å². The van der Waals surface area contributed by atoms with Gasteiger partial charge in [0.15, 0.2) is 0 Å². The van der Waals surface area contributed by atoms with Gasteiger partial charge in [-0.15, -0.1) is 0 Å². The van der Waals surface area contributed by atoms with Crippen molar-refractivity contribution in [3.63, 3.8) is 0 Å². The number of hydrogen-bond donors (Lipinski definition) is 1. The van der Waals surface area contributed by atoms with Crippen molar-refractivity contribution in [2.75, 3.05) is 0 Å². The highest BCUT2D eigenvalue weighted by Gasteiger charge is 1.86. The van der Waals surface area contributed by atoms with Crippen molar-refractivity contribution in [2.24, 2.45) is 5.92 Å². The lowest BCUT2D eigenvalue weighted by atomic mass is 10.1. The monoisotopic (exact) mass is 246 g/mol. The minimum Gasteiger partial charge on any atom is -0.393 e. The minimum absolute atomic E-state index is 0.116. The summed E-state index contributed by atoms with van der Waals surface area (Å²) in [5.74, 6) is 0.810. The molecule has 0 aliphatic carbocycles. The highest BCUT2D eigenvalue weighted by Crippen LogP contribution is 2.02. The number of aliphatic hydroxyl groups is 1. The molecule has 1 unspecified atom stereocenters. The van der Waals surface area contributed by atoms with E-state index in [9.17, 15) is 0 Å². The van der Waals surface area contributed by atoms with Crippen LogP contribution in [0.5, 0.6) is 0 Å². The van der Waals surface area contributed by atoms with E-state index in [1.165, 1.54) is 12.0 Å². The highest BCUT2D eigenvalue weighted by molar-refractivity contribution is 4.92. The van der Waals surface area contributed by atoms with Crippen LogP contribution < -0.4 is 0 Å². The predicted octanol–water partition coefficient (Wildman–Crippen LogP) is 5.83. The average Bonchev–Trinajstić information content (AvgIpc) is 2.32. The molecule has 0 saturated heterocycles. The van der Waals surface area contributed by atoms with Gasteiger partial charge in [0.05, 0.1) is 6.10 Å². The Balaban J connectivity index is -0.0000000809. The molecule has 0 saturated carbocycles. The first kappa shape index (κ1) is 25.5. The van der Waals surface area contributed by atoms with E-state index in [1.807, 2.05) is 34.6 Å². The van der Waals surface area contributed by atoms with Crippen molar-refractivity contribution in [1.82, 2.24) is 0 Å². The normalized spacial score (nSPS) is 9.65. The molecule has 0 rings (SSSR count). The lowest BCUT2D eigenvalue weighted by molar-refractivity contribution is 0.191. The molecule has 1 heteroatoms. The maximum absolute atomic E-state index is 8.36. The summed E-state index contributed by atoms with van der Waals surface area (Å²) in [7, 11) is 0. The van der Waals surface area contributed by atoms with Crippen LogP contribution in [0.1, 0.15) is 82.1 Å². The molecule has 1 atom stereocenters. The molecule has 0 aromatic rings. The Morgan fingerprint density at radius 1 is 1.00 bits per heavy atom. The summed E-state index contributed by atoms with van der Waals surface area (Å²) in [6.45, 7) is 20.5. The molecule has 1 N–H and O–H groups in total. The van der Waals surface area contributed by atoms with Crippen molar-refractivity contribution in [3.05, 3.63) is 11.6 Å². The molecular formula is C16H38O. The average molecular weight is 246 g/mol. The minimum atomic E-state index is -0.116. The number of aliphatic hydroxyl groups excluding tert-OH is 1. The Labute approximate surface area is 111 Å². The van der Waals surface area contributed by atoms with Gasteiger partial charge in [-0.2, -0.15) is 0 Å². The van der Waals surface area contributed by atoms with Crippen LogP contribution >= 0.6 is 0 Å². The summed E-state index contributed by atoms with van der Waals surface area (Å²) in [5, 5.41) is 8.36. The van der Waals surface area contributed by atoms with E-state index < -0.39 is 0 Å². The summed E-state index contributed by atoms with van der Waals surface area (Å²) >= 11 is 0. The third kappa shape index (κ3) is 65.6. The molecule has 108 valence electrons. The standard InChI is InChI=1S/C8H16.C4H10O.2C2H6/c1-7(2)5-6-8(3)4;1-3-4(2)5;2*1-2/h5,8H,6H2,1-4H3;4-5H,3H2,1-2H3;2*1-2H3. The van der Waals surface area contributed by atoms with Gasteiger partial charge in [-0.25, -0.2) is 0 Å². The molecule has 0 aliphatic rings. The van der Waals surface area contributed by atoms with Crippen LogP contribution in [-0.2, 0) is 0 Å². The Morgan fingerprint density at radius 2 is 1.29 bits per heavy atom. The topological polar surface area (TPSA) is 20.2 Å². The van der Waals surface area contributed by atoms with Gasteiger partial charge < -0.3 is 5.11 Å². The Morgan fingerprint density at radius 3 is 1.35 bits per heavy atom. The van der Waals surface area contributed by atoms with Crippen molar-refractivity contribution in [3.8, 4) is 0 Å². The summed E-state index contributed by atoms with van der Waals surface area (Å²) in [6.07, 6.45) is 4.25. The molecule has 0 amide bonds. The third-order valence-corrected chi connectivity index (χ3v) is 1.59. The van der Waals surface area contributed by atoms with Crippen LogP contribution in [0, 0.1) is 5.92 Å². The van der Waals surface area contributed by atoms with Gasteiger partial charge in [-0.1, -0.05) is 60.1 Å². The van der Waals surface area contributed by atoms with E-state index in [0.29, 0.717) is 0 Å². The summed E-state index contributed by atoms with van der Waals surface area (Å²) in [4.78, 5) is 0. The van der Waals surface area contributed by atoms with Crippen molar-refractivity contribution in [2.45, 2.75) is 88.2 Å². The fourth-order valence-electron chi connectivity index (χ4n) is 0.471. The largest absolute Gasteiger partial charge is 0.393 e. The van der Waals surface area contributed by atoms with E-state index in [-0.39, 0.29) is 6.10 Å². The van der Waals surface area contributed by atoms with E-state index in [2.05, 4.69) is 33.8 Å². The maximum atomic E-state index is 8.36. The summed E-state index contributed by atoms with van der Waals surface area (Å²) in [6, 6.07) is 0. The Kier molecular flexibility index (Phi) is 37.2. The second-order valence-corrected chi connectivity index (χ2v) is 4.17. The molecule has 0 spiro atoms. The zero-order chi connectivity index (χ0) is 14.9. The number of rotatable bonds is 3. The predicted molar refractivity (Wildman–Crippen MR) is 83.6 cm³/mol. The van der Waals surface area contributed by atoms with Gasteiger partial charge in [0, 0.05) is 0 Å². The maximum Gasteiger partial charge on any atom is 0.0509 e. The Hall–Kier alpha value is -0.300. The second kappa shape index (κ2) is 24.8. The molecule has 0 aromatic carbocycles. The van der Waals surface area contributed by atoms with Crippen molar-refractivity contribution >= 4 is 0 Å².